The van der Waals surface area contributed by atoms with Crippen molar-refractivity contribution in [1.29, 1.82) is 5.41 Å². The molecule has 3 aromatic carbocycles. The Bertz CT molecular complexity index is 5560. The standard InChI is InChI=1S/C83H112N20O18S/c1-20-102-58(32-43(3)97-102)71-90-42-52-50-34-48(69(85)107)36-60(116-19)65(50)100(72(52)95-71)29-22-23-30-101-66-55(94-79(101)96-77(113)59-33-44(4)98-103(59)21-2)35-49(70(86)108)37-61(66)117-31-25-28-88-74(110)56(39-63(105)119-81(11,12)13)92-76(112)57(40-64(106)120-82(14,15)16)93-75(111)54(91-73(109)53(84)38-62(104)118-80(8,9)10)26-24-27-89-78(87)99-122(114,115)68-46(6)45(5)67-51(47(68)7)41-83(17,18)121-67/h22-23,32-37,42,53-54,56-57H,20-21,24-31,38-41,84H2,1-19H3,(H2,85,107)(H2,86,108)(H,88,110)(H,91,109)(H,92,112)(H,93,111)(H3,87,89,99)(H,94,96,113)/b23-22+/t53-,54-,56-,57-/m0/s1. The zero-order chi connectivity index (χ0) is 90.2. The van der Waals surface area contributed by atoms with Gasteiger partial charge in [0.1, 0.15) is 80.3 Å². The molecule has 0 fully saturated rings. The highest BCUT2D eigenvalue weighted by atomic mass is 32.2. The van der Waals surface area contributed by atoms with Gasteiger partial charge in [0.15, 0.2) is 5.82 Å². The molecule has 39 heteroatoms. The highest BCUT2D eigenvalue weighted by molar-refractivity contribution is 7.90. The maximum atomic E-state index is 14.9. The largest absolute Gasteiger partial charge is 0.495 e. The first-order valence-electron chi connectivity index (χ1n) is 40.0. The second-order valence-corrected chi connectivity index (χ2v) is 35.0. The van der Waals surface area contributed by atoms with Crippen LogP contribution in [0.3, 0.4) is 0 Å². The van der Waals surface area contributed by atoms with Crippen LogP contribution in [0.25, 0.3) is 44.5 Å². The summed E-state index contributed by atoms with van der Waals surface area (Å²) in [6.07, 6.45) is 3.00. The van der Waals surface area contributed by atoms with Gasteiger partial charge < -0.3 is 81.3 Å². The Labute approximate surface area is 706 Å². The second-order valence-electron chi connectivity index (χ2n) is 33.4. The number of allylic oxidation sites excluding steroid dienone is 2. The molecule has 658 valence electrons. The number of aryl methyl sites for hydroxylation is 4. The lowest BCUT2D eigenvalue weighted by molar-refractivity contribution is -0.158. The van der Waals surface area contributed by atoms with E-state index in [1.54, 1.807) is 130 Å². The number of imidazole rings is 1. The first kappa shape index (κ1) is 93.3. The van der Waals surface area contributed by atoms with Gasteiger partial charge >= 0.3 is 17.9 Å². The smallest absolute Gasteiger partial charge is 0.308 e. The van der Waals surface area contributed by atoms with Crippen molar-refractivity contribution < 1.29 is 84.8 Å². The quantitative estimate of drug-likeness (QED) is 0.00523. The van der Waals surface area contributed by atoms with E-state index in [0.29, 0.717) is 86.8 Å². The number of amides is 7. The summed E-state index contributed by atoms with van der Waals surface area (Å²) in [7, 11) is -2.92. The predicted molar refractivity (Wildman–Crippen MR) is 452 cm³/mol. The number of hydrogen-bond acceptors (Lipinski definition) is 25. The number of fused-ring (bicyclic) bond motifs is 5. The van der Waals surface area contributed by atoms with Crippen LogP contribution in [-0.4, -0.2) is 191 Å². The molecule has 0 aliphatic carbocycles. The van der Waals surface area contributed by atoms with E-state index in [9.17, 15) is 56.4 Å². The molecule has 8 aromatic rings. The van der Waals surface area contributed by atoms with Crippen molar-refractivity contribution in [1.82, 2.24) is 75.0 Å². The number of methoxy groups -OCH3 is 1. The maximum Gasteiger partial charge on any atom is 0.308 e. The number of benzene rings is 3. The Morgan fingerprint density at radius 1 is 0.639 bits per heavy atom. The van der Waals surface area contributed by atoms with Crippen molar-refractivity contribution in [3.05, 3.63) is 105 Å². The molecule has 122 heavy (non-hydrogen) atoms. The fourth-order valence-electron chi connectivity index (χ4n) is 14.0. The summed E-state index contributed by atoms with van der Waals surface area (Å²) < 4.78 is 72.3. The number of hydrogen-bond donors (Lipinski definition) is 11. The number of sulfonamides is 1. The molecule has 0 saturated heterocycles. The molecule has 0 radical (unpaired) electrons. The molecule has 1 aliphatic rings. The van der Waals surface area contributed by atoms with Crippen LogP contribution in [0.5, 0.6) is 17.2 Å². The number of anilines is 1. The van der Waals surface area contributed by atoms with Crippen molar-refractivity contribution in [2.24, 2.45) is 17.2 Å². The lowest BCUT2D eigenvalue weighted by Gasteiger charge is -2.27. The van der Waals surface area contributed by atoms with E-state index in [4.69, 9.17) is 66.0 Å². The third-order valence-corrected chi connectivity index (χ3v) is 21.0. The SMILES string of the molecule is CCn1nc(C)cc1C(=O)Nc1nc2cc(C(N)=O)cc(OCCCNC(=O)[C@H](CC(=O)OC(C)(C)C)NC(=O)[C@H](CC(=O)OC(C)(C)C)NC(=O)[C@H](CCCNC(=N)NS(=O)(=O)c3c(C)c(C)c4c(c3C)CC(C)(C)O4)NC(=O)[C@@H](N)CC(=O)OC(C)(C)C)c2n1C/C=C/Cn1c2nc(-c3cc(C)nn3CC)ncc2c2cc(C(N)=O)cc(OC)c21. The highest BCUT2D eigenvalue weighted by Gasteiger charge is 2.39. The number of carbonyl (C=O) groups is 10. The van der Waals surface area contributed by atoms with Crippen molar-refractivity contribution in [2.45, 2.75) is 247 Å². The summed E-state index contributed by atoms with van der Waals surface area (Å²) in [6, 6.07) is 2.59. The van der Waals surface area contributed by atoms with Crippen molar-refractivity contribution in [3.8, 4) is 28.8 Å². The minimum absolute atomic E-state index is 0.00469. The fourth-order valence-corrected chi connectivity index (χ4v) is 15.6. The Morgan fingerprint density at radius 2 is 1.19 bits per heavy atom. The number of primary amides is 2. The van der Waals surface area contributed by atoms with E-state index >= 15 is 0 Å². The number of nitrogens with two attached hydrogens (primary N) is 3. The van der Waals surface area contributed by atoms with Crippen molar-refractivity contribution in [3.63, 3.8) is 0 Å². The lowest BCUT2D eigenvalue weighted by atomic mass is 9.94. The van der Waals surface area contributed by atoms with Gasteiger partial charge in [0.25, 0.3) is 15.9 Å². The summed E-state index contributed by atoms with van der Waals surface area (Å²) in [6.45, 7) is 30.8. The second kappa shape index (κ2) is 38.0. The van der Waals surface area contributed by atoms with Gasteiger partial charge in [-0.05, 0) is 197 Å². The lowest BCUT2D eigenvalue weighted by Crippen LogP contribution is -2.58. The topological polar surface area (TPSA) is 531 Å². The number of ether oxygens (including phenoxy) is 6. The molecule has 0 unspecified atom stereocenters. The first-order valence-corrected chi connectivity index (χ1v) is 41.4. The summed E-state index contributed by atoms with van der Waals surface area (Å²) >= 11 is 0. The maximum absolute atomic E-state index is 14.9. The van der Waals surface area contributed by atoms with Crippen LogP contribution in [0.2, 0.25) is 0 Å². The molecule has 6 heterocycles. The number of aromatic nitrogens is 9. The van der Waals surface area contributed by atoms with E-state index < -0.39 is 141 Å². The zero-order valence-corrected chi connectivity index (χ0v) is 73.2. The van der Waals surface area contributed by atoms with Gasteiger partial charge in [0.05, 0.1) is 66.3 Å². The third kappa shape index (κ3) is 23.3. The summed E-state index contributed by atoms with van der Waals surface area (Å²) in [5.41, 5.74) is 20.3. The molecular formula is C83H112N20O18S. The van der Waals surface area contributed by atoms with Gasteiger partial charge in [-0.2, -0.15) is 10.2 Å². The Kier molecular flexibility index (Phi) is 29.1. The van der Waals surface area contributed by atoms with Crippen molar-refractivity contribution in [2.75, 3.05) is 32.1 Å². The molecule has 0 saturated carbocycles. The monoisotopic (exact) mass is 1710 g/mol. The van der Waals surface area contributed by atoms with Gasteiger partial charge in [-0.15, -0.1) is 0 Å². The first-order chi connectivity index (χ1) is 57.0. The number of guanidine groups is 1. The normalized spacial score (nSPS) is 13.8. The molecule has 0 spiro atoms. The molecule has 7 amide bonds. The average Bonchev–Trinajstić information content (AvgIpc) is 1.63. The summed E-state index contributed by atoms with van der Waals surface area (Å²) in [5.74, 6) is -8.43. The van der Waals surface area contributed by atoms with Gasteiger partial charge in [-0.25, -0.2) is 28.1 Å². The molecule has 38 nitrogen and oxygen atoms in total. The highest BCUT2D eigenvalue weighted by Crippen LogP contribution is 2.44. The molecule has 5 aromatic heterocycles. The molecule has 0 bridgehead atoms. The van der Waals surface area contributed by atoms with E-state index in [0.717, 1.165) is 11.3 Å². The fraction of sp³-hybridized carbons (Fsp3) is 0.494. The molecule has 9 rings (SSSR count). The number of nitrogens with one attached hydrogen (secondary N) is 8. The zero-order valence-electron chi connectivity index (χ0n) is 72.4. The molecular weight excluding hydrogens is 1600 g/mol. The van der Waals surface area contributed by atoms with Gasteiger partial charge in [-0.1, -0.05) is 12.2 Å². The van der Waals surface area contributed by atoms with Crippen molar-refractivity contribution >= 4 is 114 Å². The van der Waals surface area contributed by atoms with Crippen LogP contribution in [-0.2, 0) is 90.4 Å². The van der Waals surface area contributed by atoms with Crippen LogP contribution in [0.1, 0.15) is 193 Å². The van der Waals surface area contributed by atoms with Crippen LogP contribution < -0.4 is 68.0 Å². The van der Waals surface area contributed by atoms with Crippen LogP contribution in [0.4, 0.5) is 5.95 Å². The van der Waals surface area contributed by atoms with E-state index in [1.807, 2.05) is 51.3 Å². The third-order valence-electron chi connectivity index (χ3n) is 19.4. The van der Waals surface area contributed by atoms with Crippen LogP contribution in [0.15, 0.2) is 59.6 Å². The number of carbonyl (C=O) groups excluding carboxylic acids is 10. The van der Waals surface area contributed by atoms with Crippen LogP contribution in [0, 0.1) is 40.0 Å². The summed E-state index contributed by atoms with van der Waals surface area (Å²) in [4.78, 5) is 153. The van der Waals surface area contributed by atoms with E-state index in [-0.39, 0.29) is 96.5 Å². The molecule has 1 aliphatic heterocycles. The number of esters is 3. The minimum Gasteiger partial charge on any atom is -0.495 e. The Hall–Kier alpha value is -12.6. The molecule has 4 atom stereocenters. The van der Waals surface area contributed by atoms with Gasteiger partial charge in [-0.3, -0.25) is 68.0 Å². The number of rotatable bonds is 36. The minimum atomic E-state index is -4.39. The van der Waals surface area contributed by atoms with Crippen LogP contribution >= 0.6 is 0 Å². The predicted octanol–water partition coefficient (Wildman–Crippen LogP) is 6.15. The van der Waals surface area contributed by atoms with Gasteiger partial charge in [0, 0.05) is 79.3 Å². The Balaban J connectivity index is 0.967. The van der Waals surface area contributed by atoms with E-state index in [1.165, 1.54) is 23.9 Å². The van der Waals surface area contributed by atoms with Gasteiger partial charge in [0.2, 0.25) is 47.4 Å². The molecule has 14 N–H and O–H groups in total. The average molecular weight is 1710 g/mol. The number of nitrogens with zero attached hydrogens (tertiary/aromatic N) is 9. The van der Waals surface area contributed by atoms with E-state index in [2.05, 4.69) is 46.8 Å². The Morgan fingerprint density at radius 3 is 1.79 bits per heavy atom. The summed E-state index contributed by atoms with van der Waals surface area (Å²) in [5, 5.41) is 34.7.